The minimum Gasteiger partial charge on any atom is -0.269 e. The van der Waals surface area contributed by atoms with Gasteiger partial charge in [-0.15, -0.1) is 0 Å². The van der Waals surface area contributed by atoms with Crippen molar-refractivity contribution in [2.45, 2.75) is 58.3 Å². The van der Waals surface area contributed by atoms with Crippen LogP contribution in [0.1, 0.15) is 63.9 Å². The molecule has 1 heteroatoms. The molecule has 0 saturated heterocycles. The van der Waals surface area contributed by atoms with Crippen LogP contribution in [0.3, 0.4) is 0 Å². The molecule has 0 N–H and O–H groups in total. The van der Waals surface area contributed by atoms with E-state index in [4.69, 9.17) is 0 Å². The van der Waals surface area contributed by atoms with Gasteiger partial charge in [0.1, 0.15) is 0 Å². The number of nitrogens with zero attached hydrogens (tertiary/aromatic N) is 1. The number of hydrogen-bond acceptors (Lipinski definition) is 1. The van der Waals surface area contributed by atoms with Crippen LogP contribution in [0.5, 0.6) is 0 Å². The molecule has 0 bridgehead atoms. The standard InChI is InChI=1S/C18H27N/c1-3-4-5-10-15-19-16-11-9-12-17(2)18-13-7-6-8-14-18/h6-8,11,13-17H,3-5,9-10,12H2,1-2H3. The van der Waals surface area contributed by atoms with Gasteiger partial charge in [0.15, 0.2) is 0 Å². The van der Waals surface area contributed by atoms with Gasteiger partial charge in [0, 0.05) is 12.4 Å². The Labute approximate surface area is 118 Å². The smallest absolute Gasteiger partial charge is 0.0223 e. The first kappa shape index (κ1) is 15.7. The number of benzene rings is 1. The van der Waals surface area contributed by atoms with Gasteiger partial charge in [-0.25, -0.2) is 0 Å². The van der Waals surface area contributed by atoms with Crippen LogP contribution in [-0.4, -0.2) is 6.21 Å². The van der Waals surface area contributed by atoms with E-state index in [0.29, 0.717) is 5.92 Å². The van der Waals surface area contributed by atoms with Gasteiger partial charge < -0.3 is 0 Å². The van der Waals surface area contributed by atoms with E-state index >= 15 is 0 Å². The number of rotatable bonds is 9. The van der Waals surface area contributed by atoms with Crippen molar-refractivity contribution in [2.75, 3.05) is 0 Å². The molecule has 0 aliphatic carbocycles. The minimum absolute atomic E-state index is 0.624. The van der Waals surface area contributed by atoms with E-state index < -0.39 is 0 Å². The van der Waals surface area contributed by atoms with Crippen LogP contribution in [0.25, 0.3) is 0 Å². The minimum atomic E-state index is 0.624. The zero-order valence-corrected chi connectivity index (χ0v) is 12.4. The molecular formula is C18H27N. The van der Waals surface area contributed by atoms with Gasteiger partial charge in [0.05, 0.1) is 0 Å². The summed E-state index contributed by atoms with van der Waals surface area (Å²) in [6.45, 7) is 4.52. The largest absolute Gasteiger partial charge is 0.269 e. The van der Waals surface area contributed by atoms with E-state index in [1.54, 1.807) is 0 Å². The molecule has 0 aliphatic rings. The van der Waals surface area contributed by atoms with E-state index in [1.807, 2.05) is 12.4 Å². The fourth-order valence-corrected chi connectivity index (χ4v) is 2.05. The van der Waals surface area contributed by atoms with Crippen molar-refractivity contribution in [1.82, 2.24) is 0 Å². The van der Waals surface area contributed by atoms with Gasteiger partial charge in [-0.05, 0) is 37.2 Å². The Bertz CT molecular complexity index is 365. The highest BCUT2D eigenvalue weighted by Crippen LogP contribution is 2.20. The van der Waals surface area contributed by atoms with Crippen LogP contribution in [0, 0.1) is 0 Å². The van der Waals surface area contributed by atoms with Crippen LogP contribution < -0.4 is 0 Å². The first-order valence-corrected chi connectivity index (χ1v) is 7.56. The number of unbranched alkanes of at least 4 members (excludes halogenated alkanes) is 3. The summed E-state index contributed by atoms with van der Waals surface area (Å²) in [5, 5.41) is 0. The predicted molar refractivity (Wildman–Crippen MR) is 85.9 cm³/mol. The average molecular weight is 257 g/mol. The molecule has 0 heterocycles. The Balaban J connectivity index is 2.13. The Morgan fingerprint density at radius 3 is 2.63 bits per heavy atom. The highest BCUT2D eigenvalue weighted by Gasteiger charge is 2.02. The lowest BCUT2D eigenvalue weighted by Gasteiger charge is -2.09. The van der Waals surface area contributed by atoms with E-state index in [0.717, 1.165) is 12.8 Å². The lowest BCUT2D eigenvalue weighted by Crippen LogP contribution is -1.91. The maximum atomic E-state index is 4.31. The van der Waals surface area contributed by atoms with E-state index in [-0.39, 0.29) is 0 Å². The molecule has 0 amide bonds. The van der Waals surface area contributed by atoms with Crippen molar-refractivity contribution in [2.24, 2.45) is 4.99 Å². The van der Waals surface area contributed by atoms with Gasteiger partial charge >= 0.3 is 0 Å². The van der Waals surface area contributed by atoms with Crippen molar-refractivity contribution in [3.63, 3.8) is 0 Å². The maximum absolute atomic E-state index is 4.31. The van der Waals surface area contributed by atoms with Crippen molar-refractivity contribution in [3.8, 4) is 0 Å². The molecule has 1 rings (SSSR count). The van der Waals surface area contributed by atoms with E-state index in [2.05, 4.69) is 55.2 Å². The summed E-state index contributed by atoms with van der Waals surface area (Å²) in [5.41, 5.74) is 1.43. The zero-order valence-electron chi connectivity index (χ0n) is 12.4. The quantitative estimate of drug-likeness (QED) is 0.395. The van der Waals surface area contributed by atoms with Crippen LogP contribution >= 0.6 is 0 Å². The monoisotopic (exact) mass is 257 g/mol. The summed E-state index contributed by atoms with van der Waals surface area (Å²) in [6, 6.07) is 10.7. The van der Waals surface area contributed by atoms with Gasteiger partial charge in [-0.3, -0.25) is 4.99 Å². The first-order chi connectivity index (χ1) is 9.34. The van der Waals surface area contributed by atoms with Gasteiger partial charge in [0.2, 0.25) is 0 Å². The fourth-order valence-electron chi connectivity index (χ4n) is 2.05. The molecule has 0 aliphatic heterocycles. The molecule has 0 saturated carbocycles. The van der Waals surface area contributed by atoms with Gasteiger partial charge in [0.25, 0.3) is 0 Å². The molecule has 0 aromatic heterocycles. The average Bonchev–Trinajstić information content (AvgIpc) is 2.46. The predicted octanol–water partition coefficient (Wildman–Crippen LogP) is 5.74. The number of allylic oxidation sites excluding steroid dienone is 1. The first-order valence-electron chi connectivity index (χ1n) is 7.56. The lowest BCUT2D eigenvalue weighted by atomic mass is 9.96. The summed E-state index contributed by atoms with van der Waals surface area (Å²) in [5.74, 6) is 0.624. The highest BCUT2D eigenvalue weighted by atomic mass is 14.7. The summed E-state index contributed by atoms with van der Waals surface area (Å²) in [6.07, 6.45) is 13.4. The second-order valence-corrected chi connectivity index (χ2v) is 5.10. The zero-order chi connectivity index (χ0) is 13.8. The highest BCUT2D eigenvalue weighted by molar-refractivity contribution is 5.57. The van der Waals surface area contributed by atoms with Crippen molar-refractivity contribution in [1.29, 1.82) is 0 Å². The molecule has 1 unspecified atom stereocenters. The molecule has 0 fully saturated rings. The topological polar surface area (TPSA) is 12.4 Å². The van der Waals surface area contributed by atoms with E-state index in [1.165, 1.54) is 31.2 Å². The number of hydrogen-bond donors (Lipinski definition) is 0. The molecule has 19 heavy (non-hydrogen) atoms. The molecule has 1 nitrogen and oxygen atoms in total. The molecular weight excluding hydrogens is 230 g/mol. The van der Waals surface area contributed by atoms with Gasteiger partial charge in [-0.2, -0.15) is 0 Å². The maximum Gasteiger partial charge on any atom is 0.0223 e. The summed E-state index contributed by atoms with van der Waals surface area (Å²) >= 11 is 0. The molecule has 1 aromatic carbocycles. The summed E-state index contributed by atoms with van der Waals surface area (Å²) in [7, 11) is 0. The normalized spacial score (nSPS) is 13.4. The molecule has 0 radical (unpaired) electrons. The molecule has 0 spiro atoms. The van der Waals surface area contributed by atoms with Crippen LogP contribution in [0.15, 0.2) is 47.6 Å². The summed E-state index contributed by atoms with van der Waals surface area (Å²) in [4.78, 5) is 4.31. The van der Waals surface area contributed by atoms with Crippen LogP contribution in [0.4, 0.5) is 0 Å². The fraction of sp³-hybridized carbons (Fsp3) is 0.500. The second kappa shape index (κ2) is 10.5. The molecule has 1 aromatic rings. The van der Waals surface area contributed by atoms with Gasteiger partial charge in [-0.1, -0.05) is 63.1 Å². The molecule has 104 valence electrons. The second-order valence-electron chi connectivity index (χ2n) is 5.10. The Morgan fingerprint density at radius 1 is 1.11 bits per heavy atom. The Morgan fingerprint density at radius 2 is 1.89 bits per heavy atom. The third kappa shape index (κ3) is 7.61. The third-order valence-corrected chi connectivity index (χ3v) is 3.37. The SMILES string of the molecule is CCCCCC=NC=CCCC(C)c1ccccc1. The Hall–Kier alpha value is -1.37. The number of aliphatic imine (C=N–C) groups is 1. The van der Waals surface area contributed by atoms with Crippen molar-refractivity contribution < 1.29 is 0 Å². The third-order valence-electron chi connectivity index (χ3n) is 3.37. The summed E-state index contributed by atoms with van der Waals surface area (Å²) < 4.78 is 0. The lowest BCUT2D eigenvalue weighted by molar-refractivity contribution is 0.690. The van der Waals surface area contributed by atoms with Crippen molar-refractivity contribution >= 4 is 6.21 Å². The van der Waals surface area contributed by atoms with E-state index in [9.17, 15) is 0 Å². The van der Waals surface area contributed by atoms with Crippen molar-refractivity contribution in [3.05, 3.63) is 48.2 Å². The molecule has 1 atom stereocenters. The Kier molecular flexibility index (Phi) is 8.70. The van der Waals surface area contributed by atoms with Crippen LogP contribution in [-0.2, 0) is 0 Å². The van der Waals surface area contributed by atoms with Crippen LogP contribution in [0.2, 0.25) is 0 Å².